The van der Waals surface area contributed by atoms with E-state index in [9.17, 15) is 17.6 Å². The monoisotopic (exact) mass is 496 g/mol. The molecule has 0 unspecified atom stereocenters. The summed E-state index contributed by atoms with van der Waals surface area (Å²) in [5.74, 6) is -0.605. The average Bonchev–Trinajstić information content (AvgIpc) is 2.86. The molecule has 1 aliphatic heterocycles. The second-order valence-corrected chi connectivity index (χ2v) is 10.7. The summed E-state index contributed by atoms with van der Waals surface area (Å²) in [5, 5.41) is 2.98. The summed E-state index contributed by atoms with van der Waals surface area (Å²) in [7, 11) is -3.79. The number of nitrogens with one attached hydrogen (secondary N) is 2. The summed E-state index contributed by atoms with van der Waals surface area (Å²) < 4.78 is 47.1. The van der Waals surface area contributed by atoms with Gasteiger partial charge in [-0.3, -0.25) is 9.52 Å². The van der Waals surface area contributed by atoms with Crippen LogP contribution in [0.25, 0.3) is 0 Å². The number of hydrogen-bond donors (Lipinski definition) is 2. The van der Waals surface area contributed by atoms with Crippen molar-refractivity contribution in [2.45, 2.75) is 37.0 Å². The van der Waals surface area contributed by atoms with Crippen LogP contribution in [0.4, 0.5) is 10.1 Å². The predicted octanol–water partition coefficient (Wildman–Crippen LogP) is 4.72. The van der Waals surface area contributed by atoms with Crippen LogP contribution in [0.5, 0.6) is 0 Å². The largest absolute Gasteiger partial charge is 0.381 e. The molecule has 1 aliphatic rings. The van der Waals surface area contributed by atoms with Crippen molar-refractivity contribution in [2.24, 2.45) is 0 Å². The Kier molecular flexibility index (Phi) is 7.23. The third kappa shape index (κ3) is 5.71. The van der Waals surface area contributed by atoms with Crippen molar-refractivity contribution in [3.63, 3.8) is 0 Å². The van der Waals surface area contributed by atoms with E-state index in [0.29, 0.717) is 43.9 Å². The maximum absolute atomic E-state index is 13.4. The highest BCUT2D eigenvalue weighted by molar-refractivity contribution is 7.92. The molecular formula is C27H29FN2O4S. The van der Waals surface area contributed by atoms with Gasteiger partial charge >= 0.3 is 0 Å². The number of amides is 1. The summed E-state index contributed by atoms with van der Waals surface area (Å²) >= 11 is 0. The number of ether oxygens (including phenoxy) is 1. The third-order valence-electron chi connectivity index (χ3n) is 6.68. The zero-order valence-electron chi connectivity index (χ0n) is 19.8. The number of carbonyl (C=O) groups is 1. The lowest BCUT2D eigenvalue weighted by Gasteiger charge is -2.38. The quantitative estimate of drug-likeness (QED) is 0.496. The minimum Gasteiger partial charge on any atom is -0.381 e. The maximum Gasteiger partial charge on any atom is 0.261 e. The molecule has 0 atom stereocenters. The van der Waals surface area contributed by atoms with E-state index in [4.69, 9.17) is 4.74 Å². The first-order valence-corrected chi connectivity index (χ1v) is 13.0. The first-order chi connectivity index (χ1) is 16.7. The van der Waals surface area contributed by atoms with Gasteiger partial charge < -0.3 is 10.1 Å². The summed E-state index contributed by atoms with van der Waals surface area (Å²) in [5.41, 5.74) is 3.52. The molecule has 1 amide bonds. The van der Waals surface area contributed by atoms with Crippen LogP contribution < -0.4 is 10.0 Å². The summed E-state index contributed by atoms with van der Waals surface area (Å²) in [6.07, 6.45) is 1.42. The van der Waals surface area contributed by atoms with E-state index >= 15 is 0 Å². The SMILES string of the molecule is Cc1ccc(NS(=O)(=O)c2ccc(C(=O)NCC3(c4ccc(F)cc4)CCOCC3)cc2)cc1C. The Morgan fingerprint density at radius 1 is 0.943 bits per heavy atom. The number of sulfonamides is 1. The smallest absolute Gasteiger partial charge is 0.261 e. The van der Waals surface area contributed by atoms with Crippen LogP contribution in [0, 0.1) is 19.7 Å². The molecule has 0 saturated carbocycles. The van der Waals surface area contributed by atoms with Crippen molar-refractivity contribution in [1.29, 1.82) is 0 Å². The van der Waals surface area contributed by atoms with Gasteiger partial charge in [0.15, 0.2) is 0 Å². The Labute approximate surface area is 205 Å². The Balaban J connectivity index is 1.45. The number of benzene rings is 3. The summed E-state index contributed by atoms with van der Waals surface area (Å²) in [4.78, 5) is 12.9. The van der Waals surface area contributed by atoms with Crippen molar-refractivity contribution >= 4 is 21.6 Å². The van der Waals surface area contributed by atoms with Gasteiger partial charge in [-0.15, -0.1) is 0 Å². The molecule has 3 aromatic rings. The van der Waals surface area contributed by atoms with E-state index < -0.39 is 10.0 Å². The fraction of sp³-hybridized carbons (Fsp3) is 0.296. The van der Waals surface area contributed by atoms with Crippen LogP contribution in [0.2, 0.25) is 0 Å². The number of rotatable bonds is 7. The molecule has 2 N–H and O–H groups in total. The van der Waals surface area contributed by atoms with Crippen molar-refractivity contribution in [3.05, 3.63) is 94.8 Å². The number of aryl methyl sites for hydroxylation is 2. The molecule has 8 heteroatoms. The van der Waals surface area contributed by atoms with Gasteiger partial charge in [-0.1, -0.05) is 18.2 Å². The molecule has 0 radical (unpaired) electrons. The molecule has 184 valence electrons. The van der Waals surface area contributed by atoms with Gasteiger partial charge in [0.1, 0.15) is 5.82 Å². The van der Waals surface area contributed by atoms with Crippen LogP contribution in [-0.2, 0) is 20.2 Å². The molecular weight excluding hydrogens is 467 g/mol. The number of carbonyl (C=O) groups excluding carboxylic acids is 1. The first kappa shape index (κ1) is 24.9. The van der Waals surface area contributed by atoms with E-state index in [2.05, 4.69) is 10.0 Å². The molecule has 1 saturated heterocycles. The molecule has 3 aromatic carbocycles. The lowest BCUT2D eigenvalue weighted by molar-refractivity contribution is 0.0487. The van der Waals surface area contributed by atoms with Crippen molar-refractivity contribution in [2.75, 3.05) is 24.5 Å². The van der Waals surface area contributed by atoms with E-state index in [1.807, 2.05) is 19.9 Å². The van der Waals surface area contributed by atoms with Gasteiger partial charge in [-0.2, -0.15) is 0 Å². The molecule has 1 fully saturated rings. The van der Waals surface area contributed by atoms with Crippen LogP contribution in [0.1, 0.15) is 39.9 Å². The van der Waals surface area contributed by atoms with Gasteiger partial charge in [0.25, 0.3) is 15.9 Å². The molecule has 4 rings (SSSR count). The van der Waals surface area contributed by atoms with E-state index in [1.165, 1.54) is 36.4 Å². The Morgan fingerprint density at radius 2 is 1.60 bits per heavy atom. The molecule has 35 heavy (non-hydrogen) atoms. The Hall–Kier alpha value is -3.23. The minimum atomic E-state index is -3.79. The average molecular weight is 497 g/mol. The fourth-order valence-corrected chi connectivity index (χ4v) is 5.34. The molecule has 1 heterocycles. The Morgan fingerprint density at radius 3 is 2.23 bits per heavy atom. The van der Waals surface area contributed by atoms with Crippen LogP contribution in [-0.4, -0.2) is 34.1 Å². The highest BCUT2D eigenvalue weighted by atomic mass is 32.2. The van der Waals surface area contributed by atoms with Gasteiger partial charge in [-0.25, -0.2) is 12.8 Å². The van der Waals surface area contributed by atoms with Crippen LogP contribution in [0.3, 0.4) is 0 Å². The Bertz CT molecular complexity index is 1300. The molecule has 0 aliphatic carbocycles. The van der Waals surface area contributed by atoms with Crippen molar-refractivity contribution in [1.82, 2.24) is 5.32 Å². The van der Waals surface area contributed by atoms with Gasteiger partial charge in [0, 0.05) is 36.4 Å². The zero-order valence-corrected chi connectivity index (χ0v) is 20.6. The van der Waals surface area contributed by atoms with Gasteiger partial charge in [-0.05, 0) is 91.9 Å². The minimum absolute atomic E-state index is 0.0690. The molecule has 6 nitrogen and oxygen atoms in total. The second kappa shape index (κ2) is 10.2. The maximum atomic E-state index is 13.4. The zero-order chi connectivity index (χ0) is 25.1. The third-order valence-corrected chi connectivity index (χ3v) is 8.08. The highest BCUT2D eigenvalue weighted by Gasteiger charge is 2.35. The van der Waals surface area contributed by atoms with Crippen molar-refractivity contribution < 1.29 is 22.3 Å². The molecule has 0 spiro atoms. The predicted molar refractivity (Wildman–Crippen MR) is 134 cm³/mol. The van der Waals surface area contributed by atoms with Crippen LogP contribution in [0.15, 0.2) is 71.6 Å². The van der Waals surface area contributed by atoms with Gasteiger partial charge in [0.05, 0.1) is 4.90 Å². The fourth-order valence-electron chi connectivity index (χ4n) is 4.29. The highest BCUT2D eigenvalue weighted by Crippen LogP contribution is 2.34. The van der Waals surface area contributed by atoms with E-state index in [-0.39, 0.29) is 22.0 Å². The lowest BCUT2D eigenvalue weighted by Crippen LogP contribution is -2.44. The van der Waals surface area contributed by atoms with E-state index in [0.717, 1.165) is 16.7 Å². The first-order valence-electron chi connectivity index (χ1n) is 11.5. The summed E-state index contributed by atoms with van der Waals surface area (Å²) in [6.45, 7) is 5.37. The van der Waals surface area contributed by atoms with Gasteiger partial charge in [0.2, 0.25) is 0 Å². The van der Waals surface area contributed by atoms with E-state index in [1.54, 1.807) is 24.3 Å². The molecule has 0 aromatic heterocycles. The summed E-state index contributed by atoms with van der Waals surface area (Å²) in [6, 6.07) is 17.6. The lowest BCUT2D eigenvalue weighted by atomic mass is 9.74. The number of anilines is 1. The number of halogens is 1. The normalized spacial score (nSPS) is 15.4. The molecule has 0 bridgehead atoms. The number of hydrogen-bond acceptors (Lipinski definition) is 4. The van der Waals surface area contributed by atoms with Crippen LogP contribution >= 0.6 is 0 Å². The second-order valence-electron chi connectivity index (χ2n) is 9.01. The van der Waals surface area contributed by atoms with Crippen molar-refractivity contribution in [3.8, 4) is 0 Å². The standard InChI is InChI=1S/C27H29FN2O4S/c1-19-3-10-24(17-20(19)2)30-35(32,33)25-11-4-21(5-12-25)26(31)29-18-27(13-15-34-16-14-27)22-6-8-23(28)9-7-22/h3-12,17,30H,13-16,18H2,1-2H3,(H,29,31). The topological polar surface area (TPSA) is 84.5 Å².